The van der Waals surface area contributed by atoms with E-state index in [0.29, 0.717) is 24.6 Å². The normalized spacial score (nSPS) is 11.8. The summed E-state index contributed by atoms with van der Waals surface area (Å²) >= 11 is 0. The van der Waals surface area contributed by atoms with Crippen molar-refractivity contribution in [2.45, 2.75) is 33.0 Å². The van der Waals surface area contributed by atoms with Gasteiger partial charge in [-0.3, -0.25) is 4.79 Å². The van der Waals surface area contributed by atoms with Crippen molar-refractivity contribution >= 4 is 11.9 Å². The summed E-state index contributed by atoms with van der Waals surface area (Å²) in [6.45, 7) is 3.33. The highest BCUT2D eigenvalue weighted by atomic mass is 19.4. The number of hydrogen-bond acceptors (Lipinski definition) is 4. The maximum absolute atomic E-state index is 12.4. The van der Waals surface area contributed by atoms with Gasteiger partial charge < -0.3 is 20.1 Å². The third kappa shape index (κ3) is 8.59. The van der Waals surface area contributed by atoms with Crippen molar-refractivity contribution in [3.63, 3.8) is 0 Å². The van der Waals surface area contributed by atoms with Crippen LogP contribution in [0.3, 0.4) is 0 Å². The third-order valence-corrected chi connectivity index (χ3v) is 3.21. The average Bonchev–Trinajstić information content (AvgIpc) is 2.58. The molecule has 1 rings (SSSR count). The van der Waals surface area contributed by atoms with Crippen LogP contribution in [0.2, 0.25) is 0 Å². The fourth-order valence-corrected chi connectivity index (χ4v) is 1.98. The fraction of sp³-hybridized carbons (Fsp3) is 0.529. The third-order valence-electron chi connectivity index (χ3n) is 3.21. The van der Waals surface area contributed by atoms with Gasteiger partial charge in [-0.15, -0.1) is 0 Å². The van der Waals surface area contributed by atoms with Crippen LogP contribution in [-0.2, 0) is 16.1 Å². The van der Waals surface area contributed by atoms with E-state index in [9.17, 15) is 18.0 Å². The van der Waals surface area contributed by atoms with Gasteiger partial charge in [-0.2, -0.15) is 13.2 Å². The summed E-state index contributed by atoms with van der Waals surface area (Å²) in [7, 11) is 1.31. The fourth-order valence-electron chi connectivity index (χ4n) is 1.98. The number of carbonyl (C=O) groups excluding carboxylic acids is 1. The van der Waals surface area contributed by atoms with Crippen LogP contribution in [0, 0.1) is 6.92 Å². The van der Waals surface area contributed by atoms with Gasteiger partial charge in [-0.25, -0.2) is 4.99 Å². The monoisotopic (exact) mass is 375 g/mol. The van der Waals surface area contributed by atoms with E-state index in [1.165, 1.54) is 7.11 Å². The largest absolute Gasteiger partial charge is 0.484 e. The first-order chi connectivity index (χ1) is 12.2. The van der Waals surface area contributed by atoms with Crippen LogP contribution in [0.5, 0.6) is 5.75 Å². The van der Waals surface area contributed by atoms with E-state index < -0.39 is 12.8 Å². The molecule has 2 N–H and O–H groups in total. The number of nitrogens with zero attached hydrogens (tertiary/aromatic N) is 1. The summed E-state index contributed by atoms with van der Waals surface area (Å²) < 4.78 is 46.7. The lowest BCUT2D eigenvalue weighted by Crippen LogP contribution is -2.38. The van der Waals surface area contributed by atoms with Crippen LogP contribution in [0.1, 0.15) is 24.5 Å². The van der Waals surface area contributed by atoms with E-state index in [1.54, 1.807) is 25.1 Å². The SMILES string of the molecule is CCNC(=NCc1ccc(C)cc1OCC(F)(F)F)NCCC(=O)OC. The number of hydrogen-bond donors (Lipinski definition) is 2. The van der Waals surface area contributed by atoms with Gasteiger partial charge in [0.05, 0.1) is 20.1 Å². The topological polar surface area (TPSA) is 72.0 Å². The van der Waals surface area contributed by atoms with Gasteiger partial charge in [0.2, 0.25) is 0 Å². The molecule has 0 saturated carbocycles. The van der Waals surface area contributed by atoms with Crippen molar-refractivity contribution in [2.75, 3.05) is 26.8 Å². The molecule has 1 aromatic rings. The minimum absolute atomic E-state index is 0.126. The summed E-state index contributed by atoms with van der Waals surface area (Å²) in [6.07, 6.45) is -4.24. The highest BCUT2D eigenvalue weighted by Gasteiger charge is 2.28. The number of ether oxygens (including phenoxy) is 2. The Morgan fingerprint density at radius 2 is 2.00 bits per heavy atom. The average molecular weight is 375 g/mol. The van der Waals surface area contributed by atoms with Crippen molar-refractivity contribution in [3.05, 3.63) is 29.3 Å². The number of aryl methyl sites for hydroxylation is 1. The Morgan fingerprint density at radius 3 is 2.62 bits per heavy atom. The first-order valence-electron chi connectivity index (χ1n) is 8.13. The van der Waals surface area contributed by atoms with Gasteiger partial charge in [0.1, 0.15) is 5.75 Å². The second-order valence-electron chi connectivity index (χ2n) is 5.46. The molecule has 0 heterocycles. The molecule has 0 amide bonds. The molecule has 1 aromatic carbocycles. The number of carbonyl (C=O) groups is 1. The standard InChI is InChI=1S/C17H24F3N3O3/c1-4-21-16(22-8-7-15(24)25-3)23-10-13-6-5-12(2)9-14(13)26-11-17(18,19)20/h5-6,9H,4,7-8,10-11H2,1-3H3,(H2,21,22,23). The lowest BCUT2D eigenvalue weighted by molar-refractivity contribution is -0.153. The van der Waals surface area contributed by atoms with Crippen molar-refractivity contribution in [2.24, 2.45) is 4.99 Å². The molecule has 0 saturated heterocycles. The molecule has 9 heteroatoms. The van der Waals surface area contributed by atoms with E-state index in [1.807, 2.05) is 6.92 Å². The lowest BCUT2D eigenvalue weighted by atomic mass is 10.1. The van der Waals surface area contributed by atoms with Crippen molar-refractivity contribution in [1.29, 1.82) is 0 Å². The van der Waals surface area contributed by atoms with Gasteiger partial charge in [0, 0.05) is 18.7 Å². The summed E-state index contributed by atoms with van der Waals surface area (Å²) in [5, 5.41) is 5.96. The number of benzene rings is 1. The molecule has 0 spiro atoms. The van der Waals surface area contributed by atoms with Gasteiger partial charge in [-0.1, -0.05) is 12.1 Å². The zero-order chi connectivity index (χ0) is 19.6. The van der Waals surface area contributed by atoms with Gasteiger partial charge >= 0.3 is 12.1 Å². The van der Waals surface area contributed by atoms with Crippen molar-refractivity contribution in [1.82, 2.24) is 10.6 Å². The Kier molecular flexibility index (Phi) is 8.74. The van der Waals surface area contributed by atoms with Crippen LogP contribution in [0.15, 0.2) is 23.2 Å². The van der Waals surface area contributed by atoms with Crippen LogP contribution in [0.4, 0.5) is 13.2 Å². The molecule has 0 aliphatic carbocycles. The smallest absolute Gasteiger partial charge is 0.422 e. The molecule has 0 unspecified atom stereocenters. The Labute approximate surface area is 150 Å². The first-order valence-corrected chi connectivity index (χ1v) is 8.13. The molecular weight excluding hydrogens is 351 g/mol. The molecule has 0 aliphatic heterocycles. The summed E-state index contributed by atoms with van der Waals surface area (Å²) in [5.74, 6) is 0.241. The molecule has 0 aliphatic rings. The molecule has 0 radical (unpaired) electrons. The number of rotatable bonds is 8. The number of nitrogens with one attached hydrogen (secondary N) is 2. The predicted octanol–water partition coefficient (Wildman–Crippen LogP) is 2.55. The Balaban J connectivity index is 2.79. The maximum atomic E-state index is 12.4. The number of methoxy groups -OCH3 is 1. The number of aliphatic imine (C=N–C) groups is 1. The van der Waals surface area contributed by atoms with E-state index in [0.717, 1.165) is 5.56 Å². The minimum Gasteiger partial charge on any atom is -0.484 e. The van der Waals surface area contributed by atoms with Crippen molar-refractivity contribution in [3.8, 4) is 5.75 Å². The van der Waals surface area contributed by atoms with Crippen molar-refractivity contribution < 1.29 is 27.4 Å². The Bertz CT molecular complexity index is 619. The van der Waals surface area contributed by atoms with Gasteiger partial charge in [-0.05, 0) is 25.5 Å². The van der Waals surface area contributed by atoms with E-state index in [4.69, 9.17) is 4.74 Å². The summed E-state index contributed by atoms with van der Waals surface area (Å²) in [4.78, 5) is 15.5. The second kappa shape index (κ2) is 10.5. The summed E-state index contributed by atoms with van der Waals surface area (Å²) in [6, 6.07) is 5.01. The Morgan fingerprint density at radius 1 is 1.27 bits per heavy atom. The highest BCUT2D eigenvalue weighted by Crippen LogP contribution is 2.24. The molecular formula is C17H24F3N3O3. The van der Waals surface area contributed by atoms with Gasteiger partial charge in [0.25, 0.3) is 0 Å². The van der Waals surface area contributed by atoms with Crippen LogP contribution < -0.4 is 15.4 Å². The van der Waals surface area contributed by atoms with E-state index >= 15 is 0 Å². The molecule has 0 aromatic heterocycles. The minimum atomic E-state index is -4.41. The van der Waals surface area contributed by atoms with Crippen LogP contribution in [0.25, 0.3) is 0 Å². The molecule has 0 atom stereocenters. The Hall–Kier alpha value is -2.45. The second-order valence-corrected chi connectivity index (χ2v) is 5.46. The molecule has 6 nitrogen and oxygen atoms in total. The lowest BCUT2D eigenvalue weighted by Gasteiger charge is -2.14. The van der Waals surface area contributed by atoms with E-state index in [-0.39, 0.29) is 24.7 Å². The number of halogens is 3. The number of esters is 1. The highest BCUT2D eigenvalue weighted by molar-refractivity contribution is 5.80. The zero-order valence-corrected chi connectivity index (χ0v) is 15.1. The van der Waals surface area contributed by atoms with E-state index in [2.05, 4.69) is 20.4 Å². The zero-order valence-electron chi connectivity index (χ0n) is 15.1. The molecule has 0 bridgehead atoms. The summed E-state index contributed by atoms with van der Waals surface area (Å²) in [5.41, 5.74) is 1.32. The quantitative estimate of drug-likeness (QED) is 0.415. The van der Waals surface area contributed by atoms with Gasteiger partial charge in [0.15, 0.2) is 12.6 Å². The molecule has 26 heavy (non-hydrogen) atoms. The van der Waals surface area contributed by atoms with Crippen LogP contribution >= 0.6 is 0 Å². The molecule has 146 valence electrons. The van der Waals surface area contributed by atoms with Crippen LogP contribution in [-0.4, -0.2) is 44.9 Å². The number of alkyl halides is 3. The first kappa shape index (κ1) is 21.6. The predicted molar refractivity (Wildman–Crippen MR) is 92.2 cm³/mol. The maximum Gasteiger partial charge on any atom is 0.422 e. The number of guanidine groups is 1. The molecule has 0 fully saturated rings.